The number of aliphatic hydroxyl groups is 1. The number of nitrogens with zero attached hydrogens (tertiary/aromatic N) is 1. The predicted octanol–water partition coefficient (Wildman–Crippen LogP) is 10.4. The molecule has 0 radical (unpaired) electrons. The zero-order valence-electron chi connectivity index (χ0n) is 36.1. The third-order valence-corrected chi connectivity index (χ3v) is 9.44. The van der Waals surface area contributed by atoms with Crippen LogP contribution in [0.2, 0.25) is 0 Å². The van der Waals surface area contributed by atoms with Crippen LogP contribution < -0.4 is 4.89 Å². The highest BCUT2D eigenvalue weighted by molar-refractivity contribution is 7.45. The normalized spacial score (nSPS) is 15.0. The number of rotatable bonds is 37. The Bertz CT molecular complexity index is 1260. The number of phosphoric ester groups is 1. The lowest BCUT2D eigenvalue weighted by Crippen LogP contribution is -2.37. The number of carbonyl (C=O) groups is 2. The van der Waals surface area contributed by atoms with Gasteiger partial charge in [0.25, 0.3) is 7.82 Å². The zero-order chi connectivity index (χ0) is 42.3. The highest BCUT2D eigenvalue weighted by Gasteiger charge is 2.21. The number of likely N-dealkylation sites (N-methyl/N-ethyl adjacent to an activating group) is 1. The van der Waals surface area contributed by atoms with E-state index in [0.29, 0.717) is 30.3 Å². The number of aliphatic hydroxyl groups excluding tert-OH is 1. The second-order valence-electron chi connectivity index (χ2n) is 15.2. The second-order valence-corrected chi connectivity index (χ2v) is 16.6. The van der Waals surface area contributed by atoms with Gasteiger partial charge in [-0.05, 0) is 77.0 Å². The Kier molecular flexibility index (Phi) is 35.6. The lowest BCUT2D eigenvalue weighted by molar-refractivity contribution is -0.870. The minimum absolute atomic E-state index is 0.0577. The van der Waals surface area contributed by atoms with Gasteiger partial charge in [0.05, 0.1) is 33.9 Å². The van der Waals surface area contributed by atoms with E-state index in [-0.39, 0.29) is 26.1 Å². The Hall–Kier alpha value is -2.85. The number of quaternary nitrogens is 1. The van der Waals surface area contributed by atoms with Gasteiger partial charge in [0.2, 0.25) is 0 Å². The molecule has 0 aromatic heterocycles. The second kappa shape index (κ2) is 37.4. The topological polar surface area (TPSA) is 131 Å². The first kappa shape index (κ1) is 54.2. The average Bonchev–Trinajstić information content (AvgIpc) is 3.15. The number of allylic oxidation sites excluding steroid dienone is 12. The number of esters is 2. The molecule has 11 heteroatoms. The van der Waals surface area contributed by atoms with Crippen LogP contribution in [0.1, 0.15) is 136 Å². The minimum Gasteiger partial charge on any atom is -0.756 e. The molecule has 0 saturated carbocycles. The van der Waals surface area contributed by atoms with Crippen molar-refractivity contribution in [2.45, 2.75) is 148 Å². The fourth-order valence-electron chi connectivity index (χ4n) is 5.09. The molecule has 0 aromatic rings. The summed E-state index contributed by atoms with van der Waals surface area (Å²) in [6.07, 6.45) is 43.8. The van der Waals surface area contributed by atoms with Crippen LogP contribution in [0.25, 0.3) is 0 Å². The summed E-state index contributed by atoms with van der Waals surface area (Å²) in [6.45, 7) is 3.85. The van der Waals surface area contributed by atoms with E-state index in [1.54, 1.807) is 6.08 Å². The van der Waals surface area contributed by atoms with Gasteiger partial charge in [-0.15, -0.1) is 0 Å². The van der Waals surface area contributed by atoms with Gasteiger partial charge in [0.1, 0.15) is 19.8 Å². The standard InChI is InChI=1S/C46H78NO9P/c1-6-8-10-11-12-13-14-15-16-17-18-19-20-23-26-29-33-37-45(49)53-41-44(42-55-57(51,52)54-40-39-47(3,4)5)56-46(50)38-34-30-27-24-21-22-25-28-32-36-43(48)35-31-9-7-2/h9,12-13,15-16,18-19,23,25-26,28,31-32,36,43-44,48H,6-8,10-11,14,17,20-22,24,27,29-30,33-35,37-42H2,1-5H3/b13-12-,16-15-,19-18-,26-23-,28-25+,31-9+,36-32+/t43?,44-/m1/s1. The molecule has 2 unspecified atom stereocenters. The Morgan fingerprint density at radius 3 is 1.89 bits per heavy atom. The molecule has 1 N–H and O–H groups in total. The van der Waals surface area contributed by atoms with Crippen molar-refractivity contribution in [3.63, 3.8) is 0 Å². The molecule has 0 amide bonds. The SMILES string of the molecule is CC/C=C/CC(O)/C=C/C=C/CCCCCCCC(=O)O[C@H](COC(=O)CCC/C=C\C/C=C\C/C=C\C/C=C\CCCCC)COP(=O)([O-])OCC[N+](C)(C)C. The van der Waals surface area contributed by atoms with E-state index >= 15 is 0 Å². The van der Waals surface area contributed by atoms with Crippen LogP contribution in [-0.2, 0) is 32.7 Å². The van der Waals surface area contributed by atoms with Gasteiger partial charge >= 0.3 is 11.9 Å². The molecule has 0 aliphatic carbocycles. The number of phosphoric acid groups is 1. The first-order valence-electron chi connectivity index (χ1n) is 21.4. The lowest BCUT2D eigenvalue weighted by Gasteiger charge is -2.28. The van der Waals surface area contributed by atoms with Crippen molar-refractivity contribution in [3.8, 4) is 0 Å². The van der Waals surface area contributed by atoms with Gasteiger partial charge in [-0.25, -0.2) is 0 Å². The van der Waals surface area contributed by atoms with Crippen molar-refractivity contribution in [1.82, 2.24) is 0 Å². The Labute approximate surface area is 346 Å². The van der Waals surface area contributed by atoms with Crippen LogP contribution >= 0.6 is 7.82 Å². The van der Waals surface area contributed by atoms with Gasteiger partial charge in [-0.2, -0.15) is 0 Å². The first-order valence-corrected chi connectivity index (χ1v) is 22.9. The van der Waals surface area contributed by atoms with Crippen molar-refractivity contribution in [1.29, 1.82) is 0 Å². The van der Waals surface area contributed by atoms with Gasteiger partial charge in [0, 0.05) is 12.8 Å². The molecule has 0 rings (SSSR count). The summed E-state index contributed by atoms with van der Waals surface area (Å²) in [6, 6.07) is 0. The summed E-state index contributed by atoms with van der Waals surface area (Å²) in [5.41, 5.74) is 0. The number of carbonyl (C=O) groups excluding carboxylic acids is 2. The zero-order valence-corrected chi connectivity index (χ0v) is 37.0. The third kappa shape index (κ3) is 41.1. The van der Waals surface area contributed by atoms with E-state index in [1.165, 1.54) is 19.3 Å². The molecule has 0 aromatic carbocycles. The highest BCUT2D eigenvalue weighted by atomic mass is 31.2. The number of ether oxygens (including phenoxy) is 2. The van der Waals surface area contributed by atoms with Gasteiger partial charge in [-0.1, -0.05) is 131 Å². The van der Waals surface area contributed by atoms with Crippen molar-refractivity contribution < 1.29 is 47.2 Å². The summed E-state index contributed by atoms with van der Waals surface area (Å²) >= 11 is 0. The van der Waals surface area contributed by atoms with Crippen LogP contribution in [-0.4, -0.2) is 81.2 Å². The summed E-state index contributed by atoms with van der Waals surface area (Å²) in [5.74, 6) is -0.964. The van der Waals surface area contributed by atoms with Gasteiger partial charge < -0.3 is 33.0 Å². The first-order chi connectivity index (χ1) is 27.4. The molecule has 3 atom stereocenters. The molecular formula is C46H78NO9P. The van der Waals surface area contributed by atoms with E-state index in [1.807, 2.05) is 51.5 Å². The van der Waals surface area contributed by atoms with E-state index in [4.69, 9.17) is 18.5 Å². The van der Waals surface area contributed by atoms with Gasteiger partial charge in [-0.3, -0.25) is 14.2 Å². The van der Waals surface area contributed by atoms with Crippen molar-refractivity contribution >= 4 is 19.8 Å². The van der Waals surface area contributed by atoms with E-state index in [0.717, 1.165) is 70.6 Å². The highest BCUT2D eigenvalue weighted by Crippen LogP contribution is 2.38. The summed E-state index contributed by atoms with van der Waals surface area (Å²) in [4.78, 5) is 37.5. The maximum absolute atomic E-state index is 12.7. The van der Waals surface area contributed by atoms with Crippen molar-refractivity contribution in [2.75, 3.05) is 47.5 Å². The summed E-state index contributed by atoms with van der Waals surface area (Å²) in [5, 5.41) is 9.88. The monoisotopic (exact) mass is 820 g/mol. The largest absolute Gasteiger partial charge is 0.756 e. The molecule has 0 aliphatic rings. The third-order valence-electron chi connectivity index (χ3n) is 8.48. The molecule has 57 heavy (non-hydrogen) atoms. The van der Waals surface area contributed by atoms with Crippen LogP contribution in [0.15, 0.2) is 85.1 Å². The predicted molar refractivity (Wildman–Crippen MR) is 232 cm³/mol. The van der Waals surface area contributed by atoms with Crippen molar-refractivity contribution in [3.05, 3.63) is 85.1 Å². The van der Waals surface area contributed by atoms with E-state index < -0.39 is 38.6 Å². The maximum Gasteiger partial charge on any atom is 0.306 e. The molecule has 0 saturated heterocycles. The van der Waals surface area contributed by atoms with E-state index in [9.17, 15) is 24.2 Å². The van der Waals surface area contributed by atoms with Crippen LogP contribution in [0.4, 0.5) is 0 Å². The molecule has 0 aliphatic heterocycles. The Morgan fingerprint density at radius 1 is 0.667 bits per heavy atom. The minimum atomic E-state index is -4.66. The summed E-state index contributed by atoms with van der Waals surface area (Å²) < 4.78 is 33.7. The number of hydrogen-bond donors (Lipinski definition) is 1. The average molecular weight is 820 g/mol. The molecule has 10 nitrogen and oxygen atoms in total. The molecular weight excluding hydrogens is 741 g/mol. The van der Waals surface area contributed by atoms with Crippen LogP contribution in [0, 0.1) is 0 Å². The van der Waals surface area contributed by atoms with Crippen LogP contribution in [0.5, 0.6) is 0 Å². The lowest BCUT2D eigenvalue weighted by atomic mass is 10.1. The fourth-order valence-corrected chi connectivity index (χ4v) is 5.82. The van der Waals surface area contributed by atoms with E-state index in [2.05, 4.69) is 62.5 Å². The Morgan fingerprint density at radius 2 is 1.25 bits per heavy atom. The molecule has 0 bridgehead atoms. The number of unbranched alkanes of at least 4 members (excludes halogenated alkanes) is 9. The quantitative estimate of drug-likeness (QED) is 0.0162. The summed E-state index contributed by atoms with van der Waals surface area (Å²) in [7, 11) is 1.07. The Balaban J connectivity index is 4.56. The molecule has 0 spiro atoms. The molecule has 326 valence electrons. The van der Waals surface area contributed by atoms with Crippen LogP contribution in [0.3, 0.4) is 0 Å². The maximum atomic E-state index is 12.7. The fraction of sp³-hybridized carbons (Fsp3) is 0.652. The molecule has 0 heterocycles. The molecule has 0 fully saturated rings. The van der Waals surface area contributed by atoms with Crippen molar-refractivity contribution in [2.24, 2.45) is 0 Å². The van der Waals surface area contributed by atoms with Gasteiger partial charge in [0.15, 0.2) is 6.10 Å². The number of hydrogen-bond acceptors (Lipinski definition) is 9. The smallest absolute Gasteiger partial charge is 0.306 e.